The molecule has 0 atom stereocenters. The maximum atomic E-state index is 11.6. The minimum absolute atomic E-state index is 0.492. The number of benzene rings is 1. The number of hydrogen-bond acceptors (Lipinski definition) is 3. The van der Waals surface area contributed by atoms with E-state index in [1.165, 1.54) is 0 Å². The van der Waals surface area contributed by atoms with Crippen LogP contribution >= 0.6 is 34.8 Å². The van der Waals surface area contributed by atoms with Crippen LogP contribution in [0.5, 0.6) is 0 Å². The Labute approximate surface area is 115 Å². The van der Waals surface area contributed by atoms with Gasteiger partial charge in [-0.3, -0.25) is 4.79 Å². The predicted molar refractivity (Wildman–Crippen MR) is 74.1 cm³/mol. The molecule has 0 saturated heterocycles. The van der Waals surface area contributed by atoms with E-state index in [1.807, 2.05) is 19.0 Å². The Balaban J connectivity index is 3.05. The average molecular weight is 297 g/mol. The number of nitrogens with one attached hydrogen (secondary N) is 1. The predicted octanol–water partition coefficient (Wildman–Crippen LogP) is 2.64. The zero-order valence-electron chi connectivity index (χ0n) is 9.30. The molecular weight excluding hydrogens is 284 g/mol. The number of amides is 1. The van der Waals surface area contributed by atoms with Gasteiger partial charge in [0.25, 0.3) is 9.70 Å². The third-order valence-corrected chi connectivity index (χ3v) is 2.52. The van der Waals surface area contributed by atoms with E-state index >= 15 is 0 Å². The Hall–Kier alpha value is -0.840. The fourth-order valence-corrected chi connectivity index (χ4v) is 1.38. The molecule has 0 saturated carbocycles. The zero-order valence-corrected chi connectivity index (χ0v) is 11.6. The first-order valence-electron chi connectivity index (χ1n) is 4.67. The standard InChI is InChI=1S/C10H12Cl3N3O/c1-16(2)8-4-3-6(14)5-7(8)15-9(17)10(11,12)13/h3-5H,14H2,1-2H3,(H,15,17). The first-order chi connectivity index (χ1) is 7.71. The van der Waals surface area contributed by atoms with Gasteiger partial charge in [-0.25, -0.2) is 0 Å². The monoisotopic (exact) mass is 295 g/mol. The van der Waals surface area contributed by atoms with Crippen molar-refractivity contribution < 1.29 is 4.79 Å². The van der Waals surface area contributed by atoms with Crippen molar-refractivity contribution in [3.8, 4) is 0 Å². The van der Waals surface area contributed by atoms with Gasteiger partial charge < -0.3 is 16.0 Å². The van der Waals surface area contributed by atoms with Crippen molar-refractivity contribution in [3.05, 3.63) is 18.2 Å². The molecule has 1 aromatic rings. The van der Waals surface area contributed by atoms with Crippen LogP contribution < -0.4 is 16.0 Å². The molecule has 4 nitrogen and oxygen atoms in total. The summed E-state index contributed by atoms with van der Waals surface area (Å²) in [5, 5.41) is 2.52. The lowest BCUT2D eigenvalue weighted by Crippen LogP contribution is -2.28. The van der Waals surface area contributed by atoms with Crippen LogP contribution in [0.1, 0.15) is 0 Å². The summed E-state index contributed by atoms with van der Waals surface area (Å²) in [6.45, 7) is 0. The maximum Gasteiger partial charge on any atom is 0.276 e. The Morgan fingerprint density at radius 2 is 1.94 bits per heavy atom. The number of halogens is 3. The number of nitrogen functional groups attached to an aromatic ring is 1. The largest absolute Gasteiger partial charge is 0.399 e. The number of nitrogens with two attached hydrogens (primary N) is 1. The van der Waals surface area contributed by atoms with Crippen LogP contribution in [-0.2, 0) is 4.79 Å². The van der Waals surface area contributed by atoms with Gasteiger partial charge in [0.2, 0.25) is 0 Å². The molecule has 1 rings (SSSR count). The van der Waals surface area contributed by atoms with E-state index in [0.717, 1.165) is 5.69 Å². The van der Waals surface area contributed by atoms with Crippen LogP contribution in [-0.4, -0.2) is 23.8 Å². The van der Waals surface area contributed by atoms with Gasteiger partial charge in [-0.05, 0) is 18.2 Å². The van der Waals surface area contributed by atoms with E-state index in [0.29, 0.717) is 11.4 Å². The van der Waals surface area contributed by atoms with Crippen molar-refractivity contribution in [3.63, 3.8) is 0 Å². The van der Waals surface area contributed by atoms with Crippen molar-refractivity contribution >= 4 is 57.8 Å². The van der Waals surface area contributed by atoms with E-state index in [1.54, 1.807) is 18.2 Å². The molecule has 1 amide bonds. The molecule has 0 aliphatic rings. The minimum Gasteiger partial charge on any atom is -0.399 e. The highest BCUT2D eigenvalue weighted by atomic mass is 35.6. The Bertz CT molecular complexity index is 429. The van der Waals surface area contributed by atoms with Crippen LogP contribution in [0.25, 0.3) is 0 Å². The quantitative estimate of drug-likeness (QED) is 0.651. The molecule has 0 aliphatic heterocycles. The fourth-order valence-electron chi connectivity index (χ4n) is 1.24. The second-order valence-corrected chi connectivity index (χ2v) is 5.90. The van der Waals surface area contributed by atoms with E-state index in [2.05, 4.69) is 5.32 Å². The van der Waals surface area contributed by atoms with Gasteiger partial charge in [0.05, 0.1) is 11.4 Å². The summed E-state index contributed by atoms with van der Waals surface area (Å²) in [5.41, 5.74) is 7.41. The van der Waals surface area contributed by atoms with Gasteiger partial charge in [-0.2, -0.15) is 0 Å². The topological polar surface area (TPSA) is 58.4 Å². The maximum absolute atomic E-state index is 11.6. The summed E-state index contributed by atoms with van der Waals surface area (Å²) in [4.78, 5) is 13.4. The molecule has 7 heteroatoms. The number of carbonyl (C=O) groups excluding carboxylic acids is 1. The molecule has 0 fully saturated rings. The number of rotatable bonds is 2. The van der Waals surface area contributed by atoms with Gasteiger partial charge in [-0.15, -0.1) is 0 Å². The summed E-state index contributed by atoms with van der Waals surface area (Å²) in [6, 6.07) is 5.09. The second-order valence-electron chi connectivity index (χ2n) is 3.62. The minimum atomic E-state index is -2.01. The molecule has 0 bridgehead atoms. The second kappa shape index (κ2) is 5.21. The number of hydrogen-bond donors (Lipinski definition) is 2. The van der Waals surface area contributed by atoms with Crippen molar-refractivity contribution in [2.45, 2.75) is 3.79 Å². The zero-order chi connectivity index (χ0) is 13.2. The summed E-state index contributed by atoms with van der Waals surface area (Å²) in [7, 11) is 3.66. The summed E-state index contributed by atoms with van der Waals surface area (Å²) < 4.78 is -2.01. The third-order valence-electron chi connectivity index (χ3n) is 2.01. The molecule has 0 spiro atoms. The van der Waals surface area contributed by atoms with Crippen LogP contribution in [0.3, 0.4) is 0 Å². The molecule has 0 radical (unpaired) electrons. The summed E-state index contributed by atoms with van der Waals surface area (Å²) in [5.74, 6) is -0.726. The van der Waals surface area contributed by atoms with E-state index in [9.17, 15) is 4.79 Å². The normalized spacial score (nSPS) is 11.1. The van der Waals surface area contributed by atoms with Gasteiger partial charge in [-0.1, -0.05) is 34.8 Å². The summed E-state index contributed by atoms with van der Waals surface area (Å²) >= 11 is 16.4. The first-order valence-corrected chi connectivity index (χ1v) is 5.80. The third kappa shape index (κ3) is 3.84. The molecule has 0 aromatic heterocycles. The number of alkyl halides is 3. The van der Waals surface area contributed by atoms with E-state index in [-0.39, 0.29) is 0 Å². The molecule has 0 unspecified atom stereocenters. The van der Waals surface area contributed by atoms with Crippen LogP contribution in [0, 0.1) is 0 Å². The van der Waals surface area contributed by atoms with E-state index in [4.69, 9.17) is 40.5 Å². The van der Waals surface area contributed by atoms with Crippen molar-refractivity contribution in [1.29, 1.82) is 0 Å². The van der Waals surface area contributed by atoms with E-state index < -0.39 is 9.70 Å². The SMILES string of the molecule is CN(C)c1ccc(N)cc1NC(=O)C(Cl)(Cl)Cl. The molecule has 1 aromatic carbocycles. The lowest BCUT2D eigenvalue weighted by molar-refractivity contribution is -0.115. The van der Waals surface area contributed by atoms with Crippen molar-refractivity contribution in [1.82, 2.24) is 0 Å². The first kappa shape index (κ1) is 14.2. The molecule has 94 valence electrons. The molecular formula is C10H12Cl3N3O. The van der Waals surface area contributed by atoms with Gasteiger partial charge in [0.1, 0.15) is 0 Å². The lowest BCUT2D eigenvalue weighted by Gasteiger charge is -2.19. The van der Waals surface area contributed by atoms with Gasteiger partial charge in [0, 0.05) is 19.8 Å². The lowest BCUT2D eigenvalue weighted by atomic mass is 10.2. The fraction of sp³-hybridized carbons (Fsp3) is 0.300. The smallest absolute Gasteiger partial charge is 0.276 e. The molecule has 0 heterocycles. The molecule has 3 N–H and O–H groups in total. The number of nitrogens with zero attached hydrogens (tertiary/aromatic N) is 1. The van der Waals surface area contributed by atoms with Crippen LogP contribution in [0.2, 0.25) is 0 Å². The van der Waals surface area contributed by atoms with Crippen molar-refractivity contribution in [2.75, 3.05) is 30.0 Å². The molecule has 17 heavy (non-hydrogen) atoms. The average Bonchev–Trinajstić information content (AvgIpc) is 2.15. The Morgan fingerprint density at radius 1 is 1.35 bits per heavy atom. The molecule has 0 aliphatic carbocycles. The number of anilines is 3. The van der Waals surface area contributed by atoms with Crippen LogP contribution in [0.15, 0.2) is 18.2 Å². The Kier molecular flexibility index (Phi) is 4.36. The van der Waals surface area contributed by atoms with Crippen molar-refractivity contribution in [2.24, 2.45) is 0 Å². The highest BCUT2D eigenvalue weighted by molar-refractivity contribution is 6.76. The van der Waals surface area contributed by atoms with Gasteiger partial charge in [0.15, 0.2) is 0 Å². The van der Waals surface area contributed by atoms with Gasteiger partial charge >= 0.3 is 0 Å². The Morgan fingerprint density at radius 3 is 2.41 bits per heavy atom. The highest BCUT2D eigenvalue weighted by Crippen LogP contribution is 2.31. The highest BCUT2D eigenvalue weighted by Gasteiger charge is 2.31. The number of carbonyl (C=O) groups is 1. The summed E-state index contributed by atoms with van der Waals surface area (Å²) in [6.07, 6.45) is 0. The van der Waals surface area contributed by atoms with Crippen LogP contribution in [0.4, 0.5) is 17.1 Å².